The minimum Gasteiger partial charge on any atom is -0.390 e. The topological polar surface area (TPSA) is 55.5 Å². The molecule has 0 aliphatic heterocycles. The molecule has 4 rings (SSSR count). The lowest BCUT2D eigenvalue weighted by Crippen LogP contribution is -2.50. The standard InChI is InChI=1S/C12H21NO2/c13-15-6-11(14)12-9-2-7-1-8(4-9)5-10(12)3-7/h7-12,14H,1-6,13H2. The molecule has 3 nitrogen and oxygen atoms in total. The van der Waals surface area contributed by atoms with E-state index < -0.39 is 0 Å². The summed E-state index contributed by atoms with van der Waals surface area (Å²) in [5.74, 6) is 8.98. The van der Waals surface area contributed by atoms with Crippen LogP contribution in [0.15, 0.2) is 0 Å². The molecular formula is C12H21NO2. The second-order valence-corrected chi connectivity index (χ2v) is 5.91. The molecular weight excluding hydrogens is 190 g/mol. The summed E-state index contributed by atoms with van der Waals surface area (Å²) in [7, 11) is 0. The molecule has 1 atom stereocenters. The highest BCUT2D eigenvalue weighted by Crippen LogP contribution is 2.57. The van der Waals surface area contributed by atoms with E-state index in [9.17, 15) is 5.11 Å². The van der Waals surface area contributed by atoms with Gasteiger partial charge in [-0.05, 0) is 61.7 Å². The Bertz CT molecular complexity index is 216. The van der Waals surface area contributed by atoms with Crippen LogP contribution in [0.25, 0.3) is 0 Å². The molecule has 3 heteroatoms. The van der Waals surface area contributed by atoms with Crippen LogP contribution in [0, 0.1) is 29.6 Å². The van der Waals surface area contributed by atoms with Gasteiger partial charge in [0, 0.05) is 0 Å². The molecule has 0 radical (unpaired) electrons. The van der Waals surface area contributed by atoms with Crippen molar-refractivity contribution in [2.24, 2.45) is 35.5 Å². The maximum Gasteiger partial charge on any atom is 0.0941 e. The van der Waals surface area contributed by atoms with Gasteiger partial charge in [0.15, 0.2) is 0 Å². The maximum absolute atomic E-state index is 10.1. The Hall–Kier alpha value is -0.120. The summed E-state index contributed by atoms with van der Waals surface area (Å²) >= 11 is 0. The fourth-order valence-electron chi connectivity index (χ4n) is 4.81. The normalized spacial score (nSPS) is 49.6. The zero-order chi connectivity index (χ0) is 10.4. The Morgan fingerprint density at radius 1 is 1.07 bits per heavy atom. The number of rotatable bonds is 3. The molecule has 4 aliphatic rings. The highest BCUT2D eigenvalue weighted by Gasteiger charge is 2.50. The van der Waals surface area contributed by atoms with Gasteiger partial charge in [0.1, 0.15) is 0 Å². The summed E-state index contributed by atoms with van der Waals surface area (Å²) in [6.45, 7) is 0.312. The van der Waals surface area contributed by atoms with Crippen molar-refractivity contribution in [1.29, 1.82) is 0 Å². The Morgan fingerprint density at radius 3 is 2.07 bits per heavy atom. The highest BCUT2D eigenvalue weighted by molar-refractivity contribution is 4.99. The smallest absolute Gasteiger partial charge is 0.0941 e. The van der Waals surface area contributed by atoms with Gasteiger partial charge in [0.2, 0.25) is 0 Å². The van der Waals surface area contributed by atoms with Crippen molar-refractivity contribution in [2.75, 3.05) is 6.61 Å². The lowest BCUT2D eigenvalue weighted by molar-refractivity contribution is -0.110. The predicted molar refractivity (Wildman–Crippen MR) is 56.7 cm³/mol. The molecule has 4 aliphatic carbocycles. The molecule has 4 bridgehead atoms. The molecule has 0 spiro atoms. The van der Waals surface area contributed by atoms with Crippen LogP contribution < -0.4 is 5.90 Å². The molecule has 4 fully saturated rings. The monoisotopic (exact) mass is 211 g/mol. The zero-order valence-corrected chi connectivity index (χ0v) is 9.14. The number of aliphatic hydroxyl groups is 1. The first kappa shape index (κ1) is 10.1. The molecule has 86 valence electrons. The summed E-state index contributed by atoms with van der Waals surface area (Å²) in [5.41, 5.74) is 0. The summed E-state index contributed by atoms with van der Waals surface area (Å²) in [4.78, 5) is 4.61. The van der Waals surface area contributed by atoms with Gasteiger partial charge in [-0.2, -0.15) is 0 Å². The van der Waals surface area contributed by atoms with E-state index in [0.29, 0.717) is 12.5 Å². The van der Waals surface area contributed by atoms with Gasteiger partial charge in [0.05, 0.1) is 12.7 Å². The number of hydrogen-bond donors (Lipinski definition) is 2. The Balaban J connectivity index is 1.74. The van der Waals surface area contributed by atoms with E-state index in [1.807, 2.05) is 0 Å². The first-order chi connectivity index (χ1) is 7.28. The minimum absolute atomic E-state index is 0.312. The molecule has 15 heavy (non-hydrogen) atoms. The van der Waals surface area contributed by atoms with Crippen LogP contribution in [0.2, 0.25) is 0 Å². The van der Waals surface area contributed by atoms with Gasteiger partial charge < -0.3 is 9.94 Å². The zero-order valence-electron chi connectivity index (χ0n) is 9.14. The van der Waals surface area contributed by atoms with Crippen LogP contribution in [0.5, 0.6) is 0 Å². The van der Waals surface area contributed by atoms with Gasteiger partial charge in [-0.25, -0.2) is 5.90 Å². The first-order valence-corrected chi connectivity index (χ1v) is 6.27. The van der Waals surface area contributed by atoms with E-state index in [-0.39, 0.29) is 6.10 Å². The number of hydrogen-bond acceptors (Lipinski definition) is 3. The third-order valence-corrected chi connectivity index (χ3v) is 5.01. The van der Waals surface area contributed by atoms with Crippen molar-refractivity contribution >= 4 is 0 Å². The van der Waals surface area contributed by atoms with Gasteiger partial charge in [-0.3, -0.25) is 0 Å². The van der Waals surface area contributed by atoms with E-state index in [1.165, 1.54) is 32.1 Å². The SMILES string of the molecule is NOCC(O)C1C2CC3CC(C2)CC1C3. The molecule has 0 amide bonds. The Labute approximate surface area is 90.9 Å². The number of aliphatic hydroxyl groups excluding tert-OH is 1. The lowest BCUT2D eigenvalue weighted by Gasteiger charge is -2.55. The second-order valence-electron chi connectivity index (χ2n) is 5.91. The van der Waals surface area contributed by atoms with Crippen molar-refractivity contribution in [3.8, 4) is 0 Å². The van der Waals surface area contributed by atoms with Gasteiger partial charge in [0.25, 0.3) is 0 Å². The molecule has 3 N–H and O–H groups in total. The van der Waals surface area contributed by atoms with Crippen LogP contribution in [-0.4, -0.2) is 17.8 Å². The highest BCUT2D eigenvalue weighted by atomic mass is 16.6. The van der Waals surface area contributed by atoms with Crippen LogP contribution in [0.3, 0.4) is 0 Å². The van der Waals surface area contributed by atoms with Crippen LogP contribution in [0.4, 0.5) is 0 Å². The van der Waals surface area contributed by atoms with E-state index in [0.717, 1.165) is 23.7 Å². The third kappa shape index (κ3) is 1.61. The van der Waals surface area contributed by atoms with E-state index in [2.05, 4.69) is 4.84 Å². The number of nitrogens with two attached hydrogens (primary N) is 1. The summed E-state index contributed by atoms with van der Waals surface area (Å²) in [6, 6.07) is 0. The average molecular weight is 211 g/mol. The van der Waals surface area contributed by atoms with E-state index >= 15 is 0 Å². The summed E-state index contributed by atoms with van der Waals surface area (Å²) in [6.07, 6.45) is 6.52. The van der Waals surface area contributed by atoms with Gasteiger partial charge >= 0.3 is 0 Å². The average Bonchev–Trinajstić information content (AvgIpc) is 2.15. The van der Waals surface area contributed by atoms with Crippen LogP contribution >= 0.6 is 0 Å². The Kier molecular flexibility index (Phi) is 2.49. The molecule has 0 heterocycles. The molecule has 0 aromatic heterocycles. The van der Waals surface area contributed by atoms with Crippen molar-refractivity contribution in [3.05, 3.63) is 0 Å². The quantitative estimate of drug-likeness (QED) is 0.692. The van der Waals surface area contributed by atoms with Crippen molar-refractivity contribution in [1.82, 2.24) is 0 Å². The molecule has 4 saturated carbocycles. The lowest BCUT2D eigenvalue weighted by atomic mass is 9.51. The largest absolute Gasteiger partial charge is 0.390 e. The van der Waals surface area contributed by atoms with Gasteiger partial charge in [-0.1, -0.05) is 0 Å². The third-order valence-electron chi connectivity index (χ3n) is 5.01. The maximum atomic E-state index is 10.1. The fourth-order valence-corrected chi connectivity index (χ4v) is 4.81. The molecule has 0 aromatic rings. The summed E-state index contributed by atoms with van der Waals surface area (Å²) < 4.78 is 0. The summed E-state index contributed by atoms with van der Waals surface area (Å²) in [5, 5.41) is 10.1. The van der Waals surface area contributed by atoms with Crippen molar-refractivity contribution < 1.29 is 9.94 Å². The van der Waals surface area contributed by atoms with Gasteiger partial charge in [-0.15, -0.1) is 0 Å². The second kappa shape index (κ2) is 3.72. The van der Waals surface area contributed by atoms with Crippen LogP contribution in [-0.2, 0) is 4.84 Å². The van der Waals surface area contributed by atoms with E-state index in [1.54, 1.807) is 0 Å². The van der Waals surface area contributed by atoms with Crippen LogP contribution in [0.1, 0.15) is 32.1 Å². The van der Waals surface area contributed by atoms with Crippen molar-refractivity contribution in [2.45, 2.75) is 38.2 Å². The van der Waals surface area contributed by atoms with E-state index in [4.69, 9.17) is 5.90 Å². The fraction of sp³-hybridized carbons (Fsp3) is 1.00. The van der Waals surface area contributed by atoms with Crippen molar-refractivity contribution in [3.63, 3.8) is 0 Å². The predicted octanol–water partition coefficient (Wildman–Crippen LogP) is 1.31. The Morgan fingerprint density at radius 2 is 1.60 bits per heavy atom. The molecule has 0 aromatic carbocycles. The first-order valence-electron chi connectivity index (χ1n) is 6.27. The molecule has 0 saturated heterocycles. The minimum atomic E-state index is -0.329. The molecule has 1 unspecified atom stereocenters.